The van der Waals surface area contributed by atoms with Gasteiger partial charge in [0.2, 0.25) is 0 Å². The van der Waals surface area contributed by atoms with Gasteiger partial charge in [-0.2, -0.15) is 0 Å². The van der Waals surface area contributed by atoms with E-state index in [2.05, 4.69) is 11.8 Å². The van der Waals surface area contributed by atoms with Gasteiger partial charge in [0, 0.05) is 23.7 Å². The van der Waals surface area contributed by atoms with E-state index in [4.69, 9.17) is 0 Å². The fraction of sp³-hybridized carbons (Fsp3) is 0.167. The molecular formula is C18H13F2NO. The Morgan fingerprint density at radius 3 is 2.77 bits per heavy atom. The van der Waals surface area contributed by atoms with Crippen molar-refractivity contribution in [2.75, 3.05) is 4.90 Å². The van der Waals surface area contributed by atoms with Gasteiger partial charge in [0.05, 0.1) is 5.56 Å². The Morgan fingerprint density at radius 2 is 2.00 bits per heavy atom. The Hall–Kier alpha value is -2.67. The molecule has 4 heteroatoms. The van der Waals surface area contributed by atoms with Crippen molar-refractivity contribution in [3.8, 4) is 11.8 Å². The second kappa shape index (κ2) is 5.61. The van der Waals surface area contributed by atoms with Crippen molar-refractivity contribution in [3.63, 3.8) is 0 Å². The lowest BCUT2D eigenvalue weighted by Gasteiger charge is -2.19. The summed E-state index contributed by atoms with van der Waals surface area (Å²) < 4.78 is 26.4. The summed E-state index contributed by atoms with van der Waals surface area (Å²) in [4.78, 5) is 13.9. The molecule has 22 heavy (non-hydrogen) atoms. The minimum Gasteiger partial charge on any atom is -0.298 e. The zero-order chi connectivity index (χ0) is 15.7. The van der Waals surface area contributed by atoms with Crippen LogP contribution in [0.4, 0.5) is 14.5 Å². The molecule has 0 aliphatic carbocycles. The zero-order valence-corrected chi connectivity index (χ0v) is 11.9. The summed E-state index contributed by atoms with van der Waals surface area (Å²) in [6.07, 6.45) is 0.772. The third-order valence-corrected chi connectivity index (χ3v) is 3.66. The van der Waals surface area contributed by atoms with Gasteiger partial charge in [0.15, 0.2) is 0 Å². The van der Waals surface area contributed by atoms with E-state index >= 15 is 0 Å². The Labute approximate surface area is 127 Å². The maximum Gasteiger partial charge on any atom is 0.303 e. The molecule has 1 atom stereocenters. The third-order valence-electron chi connectivity index (χ3n) is 3.66. The number of fused-ring (bicyclic) bond motifs is 1. The number of rotatable bonds is 0. The van der Waals surface area contributed by atoms with E-state index < -0.39 is 11.6 Å². The van der Waals surface area contributed by atoms with E-state index in [1.807, 2.05) is 31.2 Å². The minimum atomic E-state index is -0.768. The van der Waals surface area contributed by atoms with Gasteiger partial charge in [-0.25, -0.2) is 8.78 Å². The van der Waals surface area contributed by atoms with E-state index in [1.54, 1.807) is 4.90 Å². The first kappa shape index (κ1) is 14.3. The third kappa shape index (κ3) is 2.58. The van der Waals surface area contributed by atoms with Gasteiger partial charge in [-0.1, -0.05) is 24.1 Å². The first-order valence-electron chi connectivity index (χ1n) is 6.94. The second-order valence-electron chi connectivity index (χ2n) is 5.23. The zero-order valence-electron chi connectivity index (χ0n) is 11.9. The number of carbonyl (C=O) groups excluding carboxylic acids is 1. The number of hydrogen-bond donors (Lipinski definition) is 0. The van der Waals surface area contributed by atoms with Crippen molar-refractivity contribution in [1.29, 1.82) is 0 Å². The molecule has 2 aromatic rings. The molecule has 1 amide bonds. The average Bonchev–Trinajstić information content (AvgIpc) is 2.82. The molecular weight excluding hydrogens is 284 g/mol. The number of halogens is 2. The lowest BCUT2D eigenvalue weighted by molar-refractivity contribution is -0.113. The highest BCUT2D eigenvalue weighted by Crippen LogP contribution is 2.31. The monoisotopic (exact) mass is 297 g/mol. The molecule has 0 radical (unpaired) electrons. The standard InChI is InChI=1S/C18H13F2NO/c1-12-10-14-4-2-3-5-17(14)21(12)18(22)9-7-13-6-8-15(19)11-16(13)20/h2-6,8,11-12H,10H2,1H3. The maximum atomic E-state index is 13.5. The number of anilines is 1. The van der Waals surface area contributed by atoms with Crippen LogP contribution in [-0.2, 0) is 11.2 Å². The lowest BCUT2D eigenvalue weighted by Crippen LogP contribution is -2.34. The second-order valence-corrected chi connectivity index (χ2v) is 5.23. The van der Waals surface area contributed by atoms with E-state index in [1.165, 1.54) is 6.07 Å². The predicted molar refractivity (Wildman–Crippen MR) is 80.3 cm³/mol. The molecule has 0 fully saturated rings. The van der Waals surface area contributed by atoms with E-state index in [-0.39, 0.29) is 17.5 Å². The molecule has 0 aromatic heterocycles. The summed E-state index contributed by atoms with van der Waals surface area (Å²) in [7, 11) is 0. The summed E-state index contributed by atoms with van der Waals surface area (Å²) in [6.45, 7) is 1.94. The van der Waals surface area contributed by atoms with Crippen LogP contribution in [0.2, 0.25) is 0 Å². The summed E-state index contributed by atoms with van der Waals surface area (Å²) in [5.74, 6) is 3.11. The number of amides is 1. The highest BCUT2D eigenvalue weighted by atomic mass is 19.1. The first-order valence-corrected chi connectivity index (χ1v) is 6.94. The molecule has 1 aliphatic heterocycles. The summed E-state index contributed by atoms with van der Waals surface area (Å²) in [6, 6.07) is 10.8. The average molecular weight is 297 g/mol. The van der Waals surface area contributed by atoms with Gasteiger partial charge in [-0.05, 0) is 37.1 Å². The van der Waals surface area contributed by atoms with Crippen LogP contribution in [0.15, 0.2) is 42.5 Å². The SMILES string of the molecule is CC1Cc2ccccc2N1C(=O)C#Cc1ccc(F)cc1F. The molecule has 1 aliphatic rings. The van der Waals surface area contributed by atoms with E-state index in [9.17, 15) is 13.6 Å². The number of nitrogens with zero attached hydrogens (tertiary/aromatic N) is 1. The normalized spacial score (nSPS) is 16.0. The molecule has 2 aromatic carbocycles. The van der Waals surface area contributed by atoms with Crippen LogP contribution < -0.4 is 4.90 Å². The van der Waals surface area contributed by atoms with Crippen LogP contribution in [0.5, 0.6) is 0 Å². The molecule has 0 bridgehead atoms. The molecule has 0 N–H and O–H groups in total. The van der Waals surface area contributed by atoms with Crippen molar-refractivity contribution in [2.45, 2.75) is 19.4 Å². The molecule has 110 valence electrons. The van der Waals surface area contributed by atoms with E-state index in [0.717, 1.165) is 29.8 Å². The van der Waals surface area contributed by atoms with Gasteiger partial charge in [0.1, 0.15) is 11.6 Å². The van der Waals surface area contributed by atoms with Crippen molar-refractivity contribution >= 4 is 11.6 Å². The summed E-state index contributed by atoms with van der Waals surface area (Å²) >= 11 is 0. The fourth-order valence-electron chi connectivity index (χ4n) is 2.65. The summed E-state index contributed by atoms with van der Waals surface area (Å²) in [5, 5.41) is 0. The van der Waals surface area contributed by atoms with Gasteiger partial charge in [-0.15, -0.1) is 0 Å². The highest BCUT2D eigenvalue weighted by molar-refractivity contribution is 6.07. The van der Waals surface area contributed by atoms with Crippen LogP contribution in [0.25, 0.3) is 0 Å². The predicted octanol–water partition coefficient (Wildman–Crippen LogP) is 3.29. The Morgan fingerprint density at radius 1 is 1.23 bits per heavy atom. The number of benzene rings is 2. The van der Waals surface area contributed by atoms with Gasteiger partial charge >= 0.3 is 5.91 Å². The number of hydrogen-bond acceptors (Lipinski definition) is 1. The largest absolute Gasteiger partial charge is 0.303 e. The Bertz CT molecular complexity index is 804. The molecule has 0 spiro atoms. The van der Waals surface area contributed by atoms with Crippen LogP contribution in [-0.4, -0.2) is 11.9 Å². The Balaban J connectivity index is 1.88. The number of carbonyl (C=O) groups is 1. The van der Waals surface area contributed by atoms with Crippen molar-refractivity contribution in [3.05, 3.63) is 65.2 Å². The van der Waals surface area contributed by atoms with Crippen molar-refractivity contribution in [1.82, 2.24) is 0 Å². The minimum absolute atomic E-state index is 0.00915. The van der Waals surface area contributed by atoms with Gasteiger partial charge in [0.25, 0.3) is 0 Å². The van der Waals surface area contributed by atoms with Crippen molar-refractivity contribution < 1.29 is 13.6 Å². The molecule has 3 rings (SSSR count). The maximum absolute atomic E-state index is 13.5. The highest BCUT2D eigenvalue weighted by Gasteiger charge is 2.29. The molecule has 0 saturated carbocycles. The summed E-state index contributed by atoms with van der Waals surface area (Å²) in [5.41, 5.74) is 1.95. The van der Waals surface area contributed by atoms with Crippen LogP contribution in [0.3, 0.4) is 0 Å². The smallest absolute Gasteiger partial charge is 0.298 e. The quantitative estimate of drug-likeness (QED) is 0.683. The first-order chi connectivity index (χ1) is 10.6. The fourth-order valence-corrected chi connectivity index (χ4v) is 2.65. The van der Waals surface area contributed by atoms with Gasteiger partial charge < -0.3 is 0 Å². The van der Waals surface area contributed by atoms with Crippen LogP contribution in [0, 0.1) is 23.5 Å². The van der Waals surface area contributed by atoms with Gasteiger partial charge in [-0.3, -0.25) is 9.69 Å². The van der Waals surface area contributed by atoms with E-state index in [0.29, 0.717) is 0 Å². The molecule has 1 unspecified atom stereocenters. The lowest BCUT2D eigenvalue weighted by atomic mass is 10.1. The Kier molecular flexibility index (Phi) is 3.64. The molecule has 1 heterocycles. The van der Waals surface area contributed by atoms with Crippen molar-refractivity contribution in [2.24, 2.45) is 0 Å². The van der Waals surface area contributed by atoms with Crippen LogP contribution >= 0.6 is 0 Å². The topological polar surface area (TPSA) is 20.3 Å². The molecule has 0 saturated heterocycles. The number of para-hydroxylation sites is 1. The molecule has 2 nitrogen and oxygen atoms in total. The van der Waals surface area contributed by atoms with Crippen LogP contribution in [0.1, 0.15) is 18.1 Å².